The van der Waals surface area contributed by atoms with E-state index in [9.17, 15) is 0 Å². The average Bonchev–Trinajstić information content (AvgIpc) is 2.72. The maximum atomic E-state index is 6.09. The van der Waals surface area contributed by atoms with Crippen LogP contribution in [0.3, 0.4) is 0 Å². The molecule has 1 saturated carbocycles. The number of fused-ring (bicyclic) bond motifs is 3. The van der Waals surface area contributed by atoms with Crippen molar-refractivity contribution in [2.45, 2.75) is 32.0 Å². The Kier molecular flexibility index (Phi) is 2.12. The molecule has 1 fully saturated rings. The molecule has 3 aliphatic carbocycles. The Bertz CT molecular complexity index is 389. The Morgan fingerprint density at radius 3 is 3.07 bits per heavy atom. The van der Waals surface area contributed by atoms with Gasteiger partial charge in [-0.15, -0.1) is 5.92 Å². The first-order chi connectivity index (χ1) is 7.13. The summed E-state index contributed by atoms with van der Waals surface area (Å²) in [7, 11) is 6.09. The summed E-state index contributed by atoms with van der Waals surface area (Å²) < 4.78 is 1.30. The first kappa shape index (κ1) is 10.0. The normalized spacial score (nSPS) is 51.5. The van der Waals surface area contributed by atoms with Gasteiger partial charge in [-0.05, 0) is 34.6 Å². The molecule has 3 aliphatic rings. The zero-order chi connectivity index (χ0) is 10.6. The summed E-state index contributed by atoms with van der Waals surface area (Å²) in [5.41, 5.74) is 0.427. The Balaban J connectivity index is 1.91. The molecule has 0 nitrogen and oxygen atoms in total. The third-order valence-electron chi connectivity index (χ3n) is 4.34. The molecule has 0 saturated heterocycles. The van der Waals surface area contributed by atoms with Crippen molar-refractivity contribution in [2.24, 2.45) is 23.2 Å². The van der Waals surface area contributed by atoms with Crippen LogP contribution in [0.1, 0.15) is 26.2 Å². The van der Waals surface area contributed by atoms with Gasteiger partial charge in [-0.2, -0.15) is 0 Å². The summed E-state index contributed by atoms with van der Waals surface area (Å²) in [6, 6.07) is 0. The van der Waals surface area contributed by atoms with E-state index in [2.05, 4.69) is 40.8 Å². The van der Waals surface area contributed by atoms with Crippen LogP contribution in [-0.2, 0) is 0 Å². The molecule has 15 heavy (non-hydrogen) atoms. The minimum atomic E-state index is 0.229. The van der Waals surface area contributed by atoms with Gasteiger partial charge in [0.2, 0.25) is 0 Å². The van der Waals surface area contributed by atoms with Gasteiger partial charge in [0.1, 0.15) is 0 Å². The molecule has 3 rings (SSSR count). The molecule has 0 amide bonds. The Hall–Kier alpha value is -0.155. The number of allylic oxidation sites excluding steroid dienone is 2. The molecule has 3 unspecified atom stereocenters. The van der Waals surface area contributed by atoms with E-state index in [4.69, 9.17) is 7.85 Å². The predicted octanol–water partition coefficient (Wildman–Crippen LogP) is 3.29. The molecule has 2 radical (unpaired) electrons. The van der Waals surface area contributed by atoms with Gasteiger partial charge in [0.05, 0.1) is 7.85 Å². The van der Waals surface area contributed by atoms with Crippen molar-refractivity contribution in [3.63, 3.8) is 0 Å². The maximum Gasteiger partial charge on any atom is 0.0756 e. The number of hydrogen-bond acceptors (Lipinski definition) is 0. The SMILES string of the molecule is [B][C@@H]1C=C(Br)CC2(C1)C1C#CCC(C)[C@@H]12. The van der Waals surface area contributed by atoms with Gasteiger partial charge < -0.3 is 0 Å². The van der Waals surface area contributed by atoms with Crippen LogP contribution in [0.15, 0.2) is 10.6 Å². The fourth-order valence-corrected chi connectivity index (χ4v) is 4.64. The molecule has 0 aromatic rings. The molecule has 1 spiro atoms. The highest BCUT2D eigenvalue weighted by Gasteiger charge is 2.66. The van der Waals surface area contributed by atoms with Crippen LogP contribution < -0.4 is 0 Å². The van der Waals surface area contributed by atoms with E-state index in [1.165, 1.54) is 4.48 Å². The predicted molar refractivity (Wildman–Crippen MR) is 66.7 cm³/mol. The first-order valence-corrected chi connectivity index (χ1v) is 6.53. The first-order valence-electron chi connectivity index (χ1n) is 5.74. The molecule has 0 aliphatic heterocycles. The Morgan fingerprint density at radius 1 is 1.60 bits per heavy atom. The zero-order valence-electron chi connectivity index (χ0n) is 8.96. The van der Waals surface area contributed by atoms with Crippen LogP contribution in [0, 0.1) is 35.0 Å². The largest absolute Gasteiger partial charge is 0.103 e. The van der Waals surface area contributed by atoms with Crippen LogP contribution in [0.25, 0.3) is 0 Å². The molecule has 76 valence electrons. The minimum absolute atomic E-state index is 0.229. The molecule has 0 aromatic heterocycles. The van der Waals surface area contributed by atoms with Gasteiger partial charge in [-0.1, -0.05) is 40.7 Å². The van der Waals surface area contributed by atoms with E-state index in [1.54, 1.807) is 0 Å². The third kappa shape index (κ3) is 1.36. The van der Waals surface area contributed by atoms with Crippen molar-refractivity contribution in [3.05, 3.63) is 10.6 Å². The summed E-state index contributed by atoms with van der Waals surface area (Å²) in [4.78, 5) is 0. The van der Waals surface area contributed by atoms with Crippen LogP contribution in [0.2, 0.25) is 5.82 Å². The average molecular weight is 261 g/mol. The van der Waals surface area contributed by atoms with Crippen LogP contribution in [-0.4, -0.2) is 7.85 Å². The highest BCUT2D eigenvalue weighted by Crippen LogP contribution is 2.71. The summed E-state index contributed by atoms with van der Waals surface area (Å²) in [5, 5.41) is 0. The highest BCUT2D eigenvalue weighted by atomic mass is 79.9. The van der Waals surface area contributed by atoms with Crippen LogP contribution in [0.5, 0.6) is 0 Å². The Morgan fingerprint density at radius 2 is 2.40 bits per heavy atom. The topological polar surface area (TPSA) is 0 Å². The molecule has 0 bridgehead atoms. The van der Waals surface area contributed by atoms with Gasteiger partial charge in [-0.25, -0.2) is 0 Å². The maximum absolute atomic E-state index is 6.09. The van der Waals surface area contributed by atoms with E-state index in [1.807, 2.05) is 0 Å². The molecule has 5 atom stereocenters. The molecule has 2 heteroatoms. The summed E-state index contributed by atoms with van der Waals surface area (Å²) in [6.45, 7) is 2.35. The quantitative estimate of drug-likeness (QED) is 0.463. The highest BCUT2D eigenvalue weighted by molar-refractivity contribution is 9.11. The lowest BCUT2D eigenvalue weighted by Gasteiger charge is -2.27. The van der Waals surface area contributed by atoms with Crippen molar-refractivity contribution in [2.75, 3.05) is 0 Å². The fourth-order valence-electron chi connectivity index (χ4n) is 3.78. The second kappa shape index (κ2) is 3.17. The summed E-state index contributed by atoms with van der Waals surface area (Å²) in [6.07, 6.45) is 5.54. The van der Waals surface area contributed by atoms with Crippen molar-refractivity contribution >= 4 is 23.8 Å². The Labute approximate surface area is 101 Å². The van der Waals surface area contributed by atoms with Crippen molar-refractivity contribution in [3.8, 4) is 11.8 Å². The summed E-state index contributed by atoms with van der Waals surface area (Å²) >= 11 is 3.63. The van der Waals surface area contributed by atoms with Gasteiger partial charge >= 0.3 is 0 Å². The molecular formula is C13H14BBr. The molecule has 0 aromatic carbocycles. The van der Waals surface area contributed by atoms with Crippen LogP contribution in [0.4, 0.5) is 0 Å². The number of halogens is 1. The van der Waals surface area contributed by atoms with Crippen molar-refractivity contribution in [1.82, 2.24) is 0 Å². The summed E-state index contributed by atoms with van der Waals surface area (Å²) in [5.74, 6) is 9.18. The number of rotatable bonds is 0. The molecule has 0 heterocycles. The fraction of sp³-hybridized carbons (Fsp3) is 0.692. The standard InChI is InChI=1S/C13H14BBr/c1-8-3-2-4-11-12(8)13(11)6-9(14)5-10(15)7-13/h5,8-9,11-12H,3,6-7H2,1H3/t8?,9-,11?,12+,13?/m1/s1. The third-order valence-corrected chi connectivity index (χ3v) is 4.88. The van der Waals surface area contributed by atoms with Gasteiger partial charge in [0.15, 0.2) is 0 Å². The van der Waals surface area contributed by atoms with E-state index < -0.39 is 0 Å². The second-order valence-electron chi connectivity index (χ2n) is 5.40. The minimum Gasteiger partial charge on any atom is -0.103 e. The lowest BCUT2D eigenvalue weighted by Crippen LogP contribution is -2.15. The monoisotopic (exact) mass is 260 g/mol. The smallest absolute Gasteiger partial charge is 0.0756 e. The van der Waals surface area contributed by atoms with E-state index in [0.29, 0.717) is 11.3 Å². The second-order valence-corrected chi connectivity index (χ2v) is 6.42. The van der Waals surface area contributed by atoms with Gasteiger partial charge in [0, 0.05) is 12.3 Å². The van der Waals surface area contributed by atoms with Crippen LogP contribution >= 0.6 is 15.9 Å². The van der Waals surface area contributed by atoms with E-state index >= 15 is 0 Å². The molecular weight excluding hydrogens is 247 g/mol. The van der Waals surface area contributed by atoms with Gasteiger partial charge in [0.25, 0.3) is 0 Å². The lowest BCUT2D eigenvalue weighted by molar-refractivity contribution is 0.350. The van der Waals surface area contributed by atoms with Crippen molar-refractivity contribution in [1.29, 1.82) is 0 Å². The lowest BCUT2D eigenvalue weighted by atomic mass is 9.71. The number of hydrogen-bond donors (Lipinski definition) is 0. The van der Waals surface area contributed by atoms with Crippen molar-refractivity contribution < 1.29 is 0 Å². The van der Waals surface area contributed by atoms with E-state index in [-0.39, 0.29) is 5.82 Å². The zero-order valence-corrected chi connectivity index (χ0v) is 10.5. The van der Waals surface area contributed by atoms with Gasteiger partial charge in [-0.3, -0.25) is 0 Å². The molecule has 0 N–H and O–H groups in total. The van der Waals surface area contributed by atoms with E-state index in [0.717, 1.165) is 31.1 Å².